The van der Waals surface area contributed by atoms with Gasteiger partial charge in [-0.1, -0.05) is 23.4 Å². The van der Waals surface area contributed by atoms with E-state index < -0.39 is 0 Å². The highest BCUT2D eigenvalue weighted by molar-refractivity contribution is 6.32. The van der Waals surface area contributed by atoms with Crippen molar-refractivity contribution in [3.8, 4) is 11.8 Å². The number of carbonyl (C=O) groups is 1. The van der Waals surface area contributed by atoms with E-state index in [1.807, 2.05) is 0 Å². The van der Waals surface area contributed by atoms with Crippen LogP contribution in [0.15, 0.2) is 30.6 Å². The molecule has 0 aliphatic heterocycles. The van der Waals surface area contributed by atoms with Gasteiger partial charge < -0.3 is 15.0 Å². The van der Waals surface area contributed by atoms with Crippen LogP contribution in [0.2, 0.25) is 5.02 Å². The molecule has 0 fully saturated rings. The molecule has 0 radical (unpaired) electrons. The van der Waals surface area contributed by atoms with Crippen molar-refractivity contribution in [1.29, 1.82) is 0 Å². The SMILES string of the molecule is CN(Cc1ncc[nH]1)C(=O)c1ccc(C#CCO)c(Cl)c1. The van der Waals surface area contributed by atoms with E-state index in [9.17, 15) is 4.79 Å². The number of halogens is 1. The van der Waals surface area contributed by atoms with Crippen LogP contribution in [0.25, 0.3) is 0 Å². The zero-order valence-corrected chi connectivity index (χ0v) is 12.2. The third-order valence-electron chi connectivity index (χ3n) is 2.81. The highest BCUT2D eigenvalue weighted by Gasteiger charge is 2.14. The smallest absolute Gasteiger partial charge is 0.254 e. The van der Waals surface area contributed by atoms with Crippen molar-refractivity contribution in [2.75, 3.05) is 13.7 Å². The highest BCUT2D eigenvalue weighted by Crippen LogP contribution is 2.18. The first kappa shape index (κ1) is 15.1. The Kier molecular flexibility index (Phi) is 4.99. The molecule has 0 saturated carbocycles. The summed E-state index contributed by atoms with van der Waals surface area (Å²) in [5.74, 6) is 5.80. The average Bonchev–Trinajstić information content (AvgIpc) is 2.98. The van der Waals surface area contributed by atoms with E-state index in [4.69, 9.17) is 16.7 Å². The van der Waals surface area contributed by atoms with Gasteiger partial charge in [0.25, 0.3) is 5.91 Å². The van der Waals surface area contributed by atoms with Crippen LogP contribution in [0.4, 0.5) is 0 Å². The monoisotopic (exact) mass is 303 g/mol. The maximum Gasteiger partial charge on any atom is 0.254 e. The summed E-state index contributed by atoms with van der Waals surface area (Å²) in [6.07, 6.45) is 3.35. The van der Waals surface area contributed by atoms with Crippen molar-refractivity contribution in [2.45, 2.75) is 6.54 Å². The highest BCUT2D eigenvalue weighted by atomic mass is 35.5. The number of H-pyrrole nitrogens is 1. The van der Waals surface area contributed by atoms with Gasteiger partial charge in [0, 0.05) is 30.6 Å². The Bertz CT molecular complexity index is 687. The van der Waals surface area contributed by atoms with E-state index in [0.717, 1.165) is 0 Å². The molecule has 1 aromatic carbocycles. The van der Waals surface area contributed by atoms with E-state index >= 15 is 0 Å². The molecule has 21 heavy (non-hydrogen) atoms. The normalized spacial score (nSPS) is 9.86. The van der Waals surface area contributed by atoms with Crippen LogP contribution in [-0.2, 0) is 6.54 Å². The van der Waals surface area contributed by atoms with Crippen LogP contribution < -0.4 is 0 Å². The first-order chi connectivity index (χ1) is 10.1. The molecule has 0 bridgehead atoms. The second-order valence-corrected chi connectivity index (χ2v) is 4.76. The summed E-state index contributed by atoms with van der Waals surface area (Å²) in [6.45, 7) is 0.151. The topological polar surface area (TPSA) is 69.2 Å². The quantitative estimate of drug-likeness (QED) is 0.848. The first-order valence-corrected chi connectivity index (χ1v) is 6.62. The Labute approximate surface area is 127 Å². The maximum atomic E-state index is 12.3. The lowest BCUT2D eigenvalue weighted by molar-refractivity contribution is 0.0782. The number of aliphatic hydroxyl groups is 1. The number of rotatable bonds is 3. The molecule has 2 rings (SSSR count). The fraction of sp³-hybridized carbons (Fsp3) is 0.200. The van der Waals surface area contributed by atoms with Crippen LogP contribution >= 0.6 is 11.6 Å². The summed E-state index contributed by atoms with van der Waals surface area (Å²) in [6, 6.07) is 4.90. The zero-order valence-electron chi connectivity index (χ0n) is 11.4. The molecular weight excluding hydrogens is 290 g/mol. The summed E-state index contributed by atoms with van der Waals surface area (Å²) in [4.78, 5) is 20.9. The summed E-state index contributed by atoms with van der Waals surface area (Å²) in [5, 5.41) is 9.05. The van der Waals surface area contributed by atoms with Crippen molar-refractivity contribution < 1.29 is 9.90 Å². The Morgan fingerprint density at radius 3 is 2.95 bits per heavy atom. The van der Waals surface area contributed by atoms with Crippen LogP contribution in [0.5, 0.6) is 0 Å². The van der Waals surface area contributed by atoms with Crippen molar-refractivity contribution in [2.24, 2.45) is 0 Å². The van der Waals surface area contributed by atoms with Gasteiger partial charge in [0.1, 0.15) is 12.4 Å². The molecule has 0 aliphatic carbocycles. The average molecular weight is 304 g/mol. The molecule has 2 N–H and O–H groups in total. The van der Waals surface area contributed by atoms with Gasteiger partial charge in [0.2, 0.25) is 0 Å². The summed E-state index contributed by atoms with van der Waals surface area (Å²) < 4.78 is 0. The lowest BCUT2D eigenvalue weighted by Gasteiger charge is -2.16. The minimum atomic E-state index is -0.233. The molecule has 0 saturated heterocycles. The molecule has 108 valence electrons. The van der Waals surface area contributed by atoms with Gasteiger partial charge in [-0.2, -0.15) is 0 Å². The fourth-order valence-electron chi connectivity index (χ4n) is 1.79. The van der Waals surface area contributed by atoms with Crippen molar-refractivity contribution >= 4 is 17.5 Å². The lowest BCUT2D eigenvalue weighted by Crippen LogP contribution is -2.26. The number of amides is 1. The minimum Gasteiger partial charge on any atom is -0.384 e. The second kappa shape index (κ2) is 6.93. The number of nitrogens with zero attached hydrogens (tertiary/aromatic N) is 2. The molecular formula is C15H14ClN3O2. The Hall–Kier alpha value is -2.29. The number of imidazole rings is 1. The van der Waals surface area contributed by atoms with Gasteiger partial charge >= 0.3 is 0 Å². The molecule has 1 amide bonds. The molecule has 2 aromatic rings. The predicted molar refractivity (Wildman–Crippen MR) is 79.8 cm³/mol. The number of aliphatic hydroxyl groups excluding tert-OH is 1. The number of nitrogens with one attached hydrogen (secondary N) is 1. The molecule has 0 spiro atoms. The Balaban J connectivity index is 2.14. The molecule has 0 unspecified atom stereocenters. The Morgan fingerprint density at radius 1 is 1.52 bits per heavy atom. The van der Waals surface area contributed by atoms with Crippen molar-refractivity contribution in [3.05, 3.63) is 52.6 Å². The molecule has 0 atom stereocenters. The van der Waals surface area contributed by atoms with Crippen LogP contribution in [-0.4, -0.2) is 39.5 Å². The van der Waals surface area contributed by atoms with Crippen molar-refractivity contribution in [3.63, 3.8) is 0 Å². The third kappa shape index (κ3) is 3.85. The zero-order chi connectivity index (χ0) is 15.2. The Morgan fingerprint density at radius 2 is 2.33 bits per heavy atom. The number of carbonyl (C=O) groups excluding carboxylic acids is 1. The fourth-order valence-corrected chi connectivity index (χ4v) is 2.01. The number of benzene rings is 1. The van der Waals surface area contributed by atoms with E-state index in [2.05, 4.69) is 21.8 Å². The summed E-state index contributed by atoms with van der Waals surface area (Å²) in [7, 11) is 1.69. The summed E-state index contributed by atoms with van der Waals surface area (Å²) >= 11 is 6.08. The largest absolute Gasteiger partial charge is 0.384 e. The van der Waals surface area contributed by atoms with Gasteiger partial charge in [0.05, 0.1) is 11.6 Å². The predicted octanol–water partition coefficient (Wildman–Crippen LogP) is 1.68. The van der Waals surface area contributed by atoms with Gasteiger partial charge in [-0.25, -0.2) is 4.98 Å². The molecule has 1 aromatic heterocycles. The molecule has 5 nitrogen and oxygen atoms in total. The van der Waals surface area contributed by atoms with Crippen molar-refractivity contribution in [1.82, 2.24) is 14.9 Å². The number of aromatic amines is 1. The van der Waals surface area contributed by atoms with E-state index in [-0.39, 0.29) is 12.5 Å². The molecule has 1 heterocycles. The van der Waals surface area contributed by atoms with Gasteiger partial charge in [-0.3, -0.25) is 4.79 Å². The maximum absolute atomic E-state index is 12.3. The van der Waals surface area contributed by atoms with Gasteiger partial charge in [0.15, 0.2) is 0 Å². The van der Waals surface area contributed by atoms with Crippen LogP contribution in [0.3, 0.4) is 0 Å². The number of hydrogen-bond donors (Lipinski definition) is 2. The third-order valence-corrected chi connectivity index (χ3v) is 3.12. The number of aromatic nitrogens is 2. The van der Waals surface area contributed by atoms with E-state index in [0.29, 0.717) is 28.5 Å². The minimum absolute atomic E-state index is 0.157. The second-order valence-electron chi connectivity index (χ2n) is 4.35. The first-order valence-electron chi connectivity index (χ1n) is 6.25. The van der Waals surface area contributed by atoms with Crippen LogP contribution in [0.1, 0.15) is 21.7 Å². The number of hydrogen-bond acceptors (Lipinski definition) is 3. The van der Waals surface area contributed by atoms with Gasteiger partial charge in [-0.05, 0) is 18.2 Å². The van der Waals surface area contributed by atoms with E-state index in [1.165, 1.54) is 0 Å². The summed E-state index contributed by atoms with van der Waals surface area (Å²) in [5.41, 5.74) is 1.06. The van der Waals surface area contributed by atoms with Crippen LogP contribution in [0, 0.1) is 11.8 Å². The standard InChI is InChI=1S/C15H14ClN3O2/c1-19(10-14-17-6-7-18-14)15(21)12-5-4-11(3-2-8-20)13(16)9-12/h4-7,9,20H,8,10H2,1H3,(H,17,18). The molecule has 6 heteroatoms. The van der Waals surface area contributed by atoms with Gasteiger partial charge in [-0.15, -0.1) is 0 Å². The molecule has 0 aliphatic rings. The van der Waals surface area contributed by atoms with E-state index in [1.54, 1.807) is 42.5 Å². The lowest BCUT2D eigenvalue weighted by atomic mass is 10.1.